The normalized spacial score (nSPS) is 16.9. The summed E-state index contributed by atoms with van der Waals surface area (Å²) in [5.41, 5.74) is 0.227. The minimum absolute atomic E-state index is 0.188. The Morgan fingerprint density at radius 2 is 1.83 bits per heavy atom. The van der Waals surface area contributed by atoms with Crippen molar-refractivity contribution in [3.05, 3.63) is 56.0 Å². The van der Waals surface area contributed by atoms with Crippen molar-refractivity contribution < 1.29 is 14.4 Å². The van der Waals surface area contributed by atoms with Crippen LogP contribution >= 0.6 is 39.1 Å². The van der Waals surface area contributed by atoms with Crippen LogP contribution in [0.25, 0.3) is 0 Å². The van der Waals surface area contributed by atoms with Crippen LogP contribution < -0.4 is 10.6 Å². The Morgan fingerprint density at radius 3 is 2.40 bits per heavy atom. The number of benzene rings is 1. The van der Waals surface area contributed by atoms with Gasteiger partial charge in [0.2, 0.25) is 17.7 Å². The van der Waals surface area contributed by atoms with Gasteiger partial charge in [-0.1, -0.05) is 23.2 Å². The van der Waals surface area contributed by atoms with Gasteiger partial charge in [0.1, 0.15) is 11.2 Å². The van der Waals surface area contributed by atoms with E-state index in [4.69, 9.17) is 23.2 Å². The molecule has 1 saturated heterocycles. The van der Waals surface area contributed by atoms with E-state index in [9.17, 15) is 14.4 Å². The molecule has 2 heterocycles. The van der Waals surface area contributed by atoms with Crippen molar-refractivity contribution in [3.8, 4) is 0 Å². The van der Waals surface area contributed by atoms with Gasteiger partial charge in [-0.05, 0) is 53.9 Å². The lowest BCUT2D eigenvalue weighted by molar-refractivity contribution is -0.134. The maximum absolute atomic E-state index is 12.7. The van der Waals surface area contributed by atoms with Crippen LogP contribution in [0, 0.1) is 0 Å². The summed E-state index contributed by atoms with van der Waals surface area (Å²) in [5, 5.41) is 5.79. The molecule has 1 aromatic heterocycles. The standard InChI is InChI=1S/C20H19BrCl2N4O3/c1-20(2,18-24-8-11(21)9-25-18)19(30)26-7-10-5-13(22)16(14(23)6-10)12-3-4-15(28)27-17(12)29/h5-6,8-9,12H,3-4,7H2,1-2H3,(H,26,30)(H,27,28,29). The van der Waals surface area contributed by atoms with Crippen molar-refractivity contribution in [1.82, 2.24) is 20.6 Å². The summed E-state index contributed by atoms with van der Waals surface area (Å²) in [6.45, 7) is 3.66. The minimum atomic E-state index is -0.943. The summed E-state index contributed by atoms with van der Waals surface area (Å²) >= 11 is 16.1. The molecular weight excluding hydrogens is 495 g/mol. The average molecular weight is 514 g/mol. The van der Waals surface area contributed by atoms with E-state index in [1.165, 1.54) is 0 Å². The Morgan fingerprint density at radius 1 is 1.23 bits per heavy atom. The molecule has 7 nitrogen and oxygen atoms in total. The summed E-state index contributed by atoms with van der Waals surface area (Å²) in [6, 6.07) is 3.33. The number of carbonyl (C=O) groups is 3. The highest BCUT2D eigenvalue weighted by Gasteiger charge is 2.33. The van der Waals surface area contributed by atoms with Crippen LogP contribution in [0.2, 0.25) is 10.0 Å². The predicted molar refractivity (Wildman–Crippen MR) is 116 cm³/mol. The summed E-state index contributed by atoms with van der Waals surface area (Å²) in [5.74, 6) is -1.16. The third kappa shape index (κ3) is 4.82. The van der Waals surface area contributed by atoms with Crippen LogP contribution in [-0.4, -0.2) is 27.7 Å². The van der Waals surface area contributed by atoms with Gasteiger partial charge in [0.05, 0.1) is 10.4 Å². The van der Waals surface area contributed by atoms with Gasteiger partial charge in [0.25, 0.3) is 0 Å². The third-order valence-corrected chi connectivity index (χ3v) is 5.96. The Bertz CT molecular complexity index is 989. The second kappa shape index (κ2) is 8.99. The number of hydrogen-bond acceptors (Lipinski definition) is 5. The highest BCUT2D eigenvalue weighted by Crippen LogP contribution is 2.37. The number of hydrogen-bond donors (Lipinski definition) is 2. The second-order valence-corrected chi connectivity index (χ2v) is 9.24. The van der Waals surface area contributed by atoms with Crippen LogP contribution in [0.5, 0.6) is 0 Å². The number of rotatable bonds is 5. The molecule has 0 bridgehead atoms. The fourth-order valence-corrected chi connectivity index (χ4v) is 4.18. The van der Waals surface area contributed by atoms with E-state index >= 15 is 0 Å². The molecule has 1 aromatic carbocycles. The molecule has 10 heteroatoms. The lowest BCUT2D eigenvalue weighted by atomic mass is 9.89. The van der Waals surface area contributed by atoms with Gasteiger partial charge >= 0.3 is 0 Å². The van der Waals surface area contributed by atoms with Gasteiger partial charge in [-0.25, -0.2) is 9.97 Å². The molecule has 0 spiro atoms. The maximum atomic E-state index is 12.7. The van der Waals surface area contributed by atoms with Gasteiger partial charge in [-0.2, -0.15) is 0 Å². The molecule has 0 radical (unpaired) electrons. The Kier molecular flexibility index (Phi) is 6.79. The zero-order valence-electron chi connectivity index (χ0n) is 16.3. The van der Waals surface area contributed by atoms with Gasteiger partial charge in [0, 0.05) is 41.0 Å². The van der Waals surface area contributed by atoms with Crippen LogP contribution in [0.3, 0.4) is 0 Å². The first-order chi connectivity index (χ1) is 14.1. The van der Waals surface area contributed by atoms with E-state index in [0.717, 1.165) is 4.47 Å². The number of nitrogens with one attached hydrogen (secondary N) is 2. The minimum Gasteiger partial charge on any atom is -0.351 e. The van der Waals surface area contributed by atoms with Crippen LogP contribution in [-0.2, 0) is 26.3 Å². The fourth-order valence-electron chi connectivity index (χ4n) is 3.18. The molecule has 3 rings (SSSR count). The topological polar surface area (TPSA) is 101 Å². The van der Waals surface area contributed by atoms with E-state index in [1.54, 1.807) is 38.4 Å². The number of piperidine rings is 1. The SMILES string of the molecule is CC(C)(C(=O)NCc1cc(Cl)c(C2CCC(=O)NC2=O)c(Cl)c1)c1ncc(Br)cn1. The first-order valence-corrected chi connectivity index (χ1v) is 10.7. The van der Waals surface area contributed by atoms with Gasteiger partial charge in [0.15, 0.2) is 0 Å². The Hall–Kier alpha value is -2.03. The first-order valence-electron chi connectivity index (χ1n) is 9.17. The molecular formula is C20H19BrCl2N4O3. The molecule has 2 N–H and O–H groups in total. The molecule has 1 atom stereocenters. The van der Waals surface area contributed by atoms with Gasteiger partial charge < -0.3 is 5.32 Å². The summed E-state index contributed by atoms with van der Waals surface area (Å²) in [7, 11) is 0. The number of imide groups is 1. The van der Waals surface area contributed by atoms with E-state index in [2.05, 4.69) is 36.5 Å². The molecule has 1 aliphatic heterocycles. The number of amides is 3. The van der Waals surface area contributed by atoms with E-state index in [-0.39, 0.29) is 24.8 Å². The summed E-state index contributed by atoms with van der Waals surface area (Å²) < 4.78 is 0.725. The van der Waals surface area contributed by atoms with Crippen molar-refractivity contribution in [1.29, 1.82) is 0 Å². The molecule has 30 heavy (non-hydrogen) atoms. The maximum Gasteiger partial charge on any atom is 0.234 e. The largest absolute Gasteiger partial charge is 0.351 e. The molecule has 3 amide bonds. The Balaban J connectivity index is 1.73. The summed E-state index contributed by atoms with van der Waals surface area (Å²) in [6.07, 6.45) is 3.75. The van der Waals surface area contributed by atoms with Crippen molar-refractivity contribution in [2.45, 2.75) is 44.6 Å². The van der Waals surface area contributed by atoms with E-state index in [0.29, 0.717) is 33.4 Å². The van der Waals surface area contributed by atoms with Crippen LogP contribution in [0.1, 0.15) is 49.6 Å². The molecule has 0 saturated carbocycles. The second-order valence-electron chi connectivity index (χ2n) is 7.51. The third-order valence-electron chi connectivity index (χ3n) is 4.93. The number of carbonyl (C=O) groups excluding carboxylic acids is 3. The quantitative estimate of drug-likeness (QED) is 0.594. The van der Waals surface area contributed by atoms with E-state index < -0.39 is 17.2 Å². The highest BCUT2D eigenvalue weighted by molar-refractivity contribution is 9.10. The van der Waals surface area contributed by atoms with E-state index in [1.807, 2.05) is 0 Å². The fraction of sp³-hybridized carbons (Fsp3) is 0.350. The molecule has 0 aliphatic carbocycles. The number of nitrogens with zero attached hydrogens (tertiary/aromatic N) is 2. The van der Waals surface area contributed by atoms with Crippen molar-refractivity contribution in [2.75, 3.05) is 0 Å². The zero-order chi connectivity index (χ0) is 22.1. The smallest absolute Gasteiger partial charge is 0.234 e. The monoisotopic (exact) mass is 512 g/mol. The Labute approximate surface area is 192 Å². The molecule has 2 aromatic rings. The van der Waals surface area contributed by atoms with Gasteiger partial charge in [-0.15, -0.1) is 0 Å². The number of aromatic nitrogens is 2. The van der Waals surface area contributed by atoms with Crippen molar-refractivity contribution in [2.24, 2.45) is 0 Å². The van der Waals surface area contributed by atoms with Crippen molar-refractivity contribution >= 4 is 56.9 Å². The molecule has 158 valence electrons. The zero-order valence-corrected chi connectivity index (χ0v) is 19.4. The lowest BCUT2D eigenvalue weighted by Crippen LogP contribution is -2.41. The average Bonchev–Trinajstić information content (AvgIpc) is 2.67. The first kappa shape index (κ1) is 22.7. The number of halogens is 3. The molecule has 1 aliphatic rings. The van der Waals surface area contributed by atoms with Crippen molar-refractivity contribution in [3.63, 3.8) is 0 Å². The molecule has 1 unspecified atom stereocenters. The predicted octanol–water partition coefficient (Wildman–Crippen LogP) is 3.66. The summed E-state index contributed by atoms with van der Waals surface area (Å²) in [4.78, 5) is 44.7. The molecule has 1 fully saturated rings. The lowest BCUT2D eigenvalue weighted by Gasteiger charge is -2.24. The van der Waals surface area contributed by atoms with Crippen LogP contribution in [0.15, 0.2) is 29.0 Å². The van der Waals surface area contributed by atoms with Gasteiger partial charge in [-0.3, -0.25) is 19.7 Å². The van der Waals surface area contributed by atoms with Crippen LogP contribution in [0.4, 0.5) is 0 Å². The highest BCUT2D eigenvalue weighted by atomic mass is 79.9.